The van der Waals surface area contributed by atoms with E-state index in [9.17, 15) is 13.7 Å². The van der Waals surface area contributed by atoms with Gasteiger partial charge in [-0.1, -0.05) is 19.1 Å². The van der Waals surface area contributed by atoms with Crippen molar-refractivity contribution in [2.24, 2.45) is 0 Å². The predicted molar refractivity (Wildman–Crippen MR) is 112 cm³/mol. The van der Waals surface area contributed by atoms with Crippen LogP contribution in [0.3, 0.4) is 0 Å². The van der Waals surface area contributed by atoms with Crippen LogP contribution in [-0.2, 0) is 16.6 Å². The van der Waals surface area contributed by atoms with Crippen molar-refractivity contribution in [1.29, 1.82) is 5.26 Å². The van der Waals surface area contributed by atoms with E-state index in [0.717, 1.165) is 47.1 Å². The van der Waals surface area contributed by atoms with E-state index in [4.69, 9.17) is 4.74 Å². The number of benzene rings is 2. The Bertz CT molecular complexity index is 1140. The van der Waals surface area contributed by atoms with Gasteiger partial charge in [-0.05, 0) is 43.2 Å². The molecule has 0 saturated carbocycles. The maximum Gasteiger partial charge on any atom is 0.229 e. The Morgan fingerprint density at radius 2 is 1.86 bits per heavy atom. The van der Waals surface area contributed by atoms with Gasteiger partial charge in [0.2, 0.25) is 10.0 Å². The van der Waals surface area contributed by atoms with Crippen molar-refractivity contribution in [1.82, 2.24) is 4.57 Å². The molecular formula is C21H23N3O3S. The minimum absolute atomic E-state index is 0.488. The van der Waals surface area contributed by atoms with Gasteiger partial charge in [-0.15, -0.1) is 0 Å². The molecule has 1 N–H and O–H groups in total. The quantitative estimate of drug-likeness (QED) is 0.642. The molecule has 0 bridgehead atoms. The van der Waals surface area contributed by atoms with Crippen molar-refractivity contribution in [2.75, 3.05) is 17.6 Å². The van der Waals surface area contributed by atoms with Crippen molar-refractivity contribution < 1.29 is 13.2 Å². The summed E-state index contributed by atoms with van der Waals surface area (Å²) in [5.41, 5.74) is 3.74. The number of aromatic nitrogens is 1. The van der Waals surface area contributed by atoms with Crippen LogP contribution in [0.1, 0.15) is 25.8 Å². The van der Waals surface area contributed by atoms with Crippen molar-refractivity contribution in [3.8, 4) is 23.1 Å². The van der Waals surface area contributed by atoms with Gasteiger partial charge in [-0.2, -0.15) is 5.26 Å². The number of ether oxygens (including phenoxy) is 1. The molecule has 3 aromatic rings. The number of aryl methyl sites for hydroxylation is 1. The molecule has 0 atom stereocenters. The van der Waals surface area contributed by atoms with E-state index in [0.29, 0.717) is 17.9 Å². The van der Waals surface area contributed by atoms with Gasteiger partial charge < -0.3 is 9.30 Å². The third-order valence-corrected chi connectivity index (χ3v) is 4.97. The standard InChI is InChI=1S/C21H23N3O3S/c1-4-12-24-20-13-17(27-5-2)10-11-18(20)19(14-22)21(24)15-6-8-16(9-7-15)23-28(3,25)26/h6-11,13,23H,4-5,12H2,1-3H3. The fraction of sp³-hybridized carbons (Fsp3) is 0.286. The lowest BCUT2D eigenvalue weighted by molar-refractivity contribution is 0.340. The normalized spacial score (nSPS) is 11.4. The highest BCUT2D eigenvalue weighted by atomic mass is 32.2. The molecule has 3 rings (SSSR count). The summed E-state index contributed by atoms with van der Waals surface area (Å²) >= 11 is 0. The van der Waals surface area contributed by atoms with Crippen LogP contribution in [0.4, 0.5) is 5.69 Å². The van der Waals surface area contributed by atoms with E-state index in [1.165, 1.54) is 0 Å². The number of hydrogen-bond acceptors (Lipinski definition) is 4. The van der Waals surface area contributed by atoms with Crippen molar-refractivity contribution in [3.05, 3.63) is 48.0 Å². The van der Waals surface area contributed by atoms with Crippen molar-refractivity contribution in [3.63, 3.8) is 0 Å². The molecular weight excluding hydrogens is 374 g/mol. The van der Waals surface area contributed by atoms with E-state index >= 15 is 0 Å². The number of rotatable bonds is 7. The van der Waals surface area contributed by atoms with Gasteiger partial charge in [0.15, 0.2) is 0 Å². The average molecular weight is 398 g/mol. The van der Waals surface area contributed by atoms with Gasteiger partial charge in [0.1, 0.15) is 11.8 Å². The lowest BCUT2D eigenvalue weighted by Crippen LogP contribution is -2.09. The lowest BCUT2D eigenvalue weighted by atomic mass is 10.1. The van der Waals surface area contributed by atoms with Crippen LogP contribution in [0.5, 0.6) is 5.75 Å². The minimum Gasteiger partial charge on any atom is -0.494 e. The Balaban J connectivity index is 2.18. The number of sulfonamides is 1. The predicted octanol–water partition coefficient (Wildman–Crippen LogP) is 4.36. The molecule has 0 aliphatic carbocycles. The monoisotopic (exact) mass is 397 g/mol. The van der Waals surface area contributed by atoms with Crippen molar-refractivity contribution >= 4 is 26.6 Å². The Hall–Kier alpha value is -2.98. The molecule has 0 saturated heterocycles. The summed E-state index contributed by atoms with van der Waals surface area (Å²) in [5.74, 6) is 0.772. The lowest BCUT2D eigenvalue weighted by Gasteiger charge is -2.12. The maximum atomic E-state index is 11.4. The number of nitriles is 1. The Morgan fingerprint density at radius 1 is 1.14 bits per heavy atom. The summed E-state index contributed by atoms with van der Waals surface area (Å²) < 4.78 is 33.1. The molecule has 0 unspecified atom stereocenters. The molecule has 2 aromatic carbocycles. The number of nitrogens with one attached hydrogen (secondary N) is 1. The second-order valence-electron chi connectivity index (χ2n) is 6.55. The molecule has 1 heterocycles. The van der Waals surface area contributed by atoms with Crippen LogP contribution in [0.25, 0.3) is 22.2 Å². The molecule has 0 amide bonds. The summed E-state index contributed by atoms with van der Waals surface area (Å²) in [6.45, 7) is 5.36. The fourth-order valence-electron chi connectivity index (χ4n) is 3.37. The Kier molecular flexibility index (Phi) is 5.61. The third-order valence-electron chi connectivity index (χ3n) is 4.37. The van der Waals surface area contributed by atoms with Crippen LogP contribution in [-0.4, -0.2) is 25.8 Å². The number of anilines is 1. The minimum atomic E-state index is -3.34. The molecule has 0 radical (unpaired) electrons. The van der Waals surface area contributed by atoms with E-state index in [2.05, 4.69) is 22.3 Å². The second-order valence-corrected chi connectivity index (χ2v) is 8.30. The van der Waals surface area contributed by atoms with Gasteiger partial charge in [0, 0.05) is 23.7 Å². The fourth-order valence-corrected chi connectivity index (χ4v) is 3.93. The highest BCUT2D eigenvalue weighted by molar-refractivity contribution is 7.92. The maximum absolute atomic E-state index is 11.4. The molecule has 1 aromatic heterocycles. The second kappa shape index (κ2) is 7.95. The molecule has 0 spiro atoms. The zero-order chi connectivity index (χ0) is 20.3. The van der Waals surface area contributed by atoms with E-state index in [1.54, 1.807) is 12.1 Å². The molecule has 7 heteroatoms. The number of hydrogen-bond donors (Lipinski definition) is 1. The third kappa shape index (κ3) is 3.97. The molecule has 0 aliphatic rings. The number of nitrogens with zero attached hydrogens (tertiary/aromatic N) is 2. The van der Waals surface area contributed by atoms with Crippen LogP contribution >= 0.6 is 0 Å². The number of fused-ring (bicyclic) bond motifs is 1. The topological polar surface area (TPSA) is 84.1 Å². The highest BCUT2D eigenvalue weighted by Gasteiger charge is 2.19. The molecule has 28 heavy (non-hydrogen) atoms. The van der Waals surface area contributed by atoms with Crippen LogP contribution < -0.4 is 9.46 Å². The Labute approximate surface area is 165 Å². The van der Waals surface area contributed by atoms with E-state index < -0.39 is 10.0 Å². The SMILES string of the molecule is CCCn1c(-c2ccc(NS(C)(=O)=O)cc2)c(C#N)c2ccc(OCC)cc21. The summed E-state index contributed by atoms with van der Waals surface area (Å²) in [7, 11) is -3.34. The van der Waals surface area contributed by atoms with Crippen LogP contribution in [0.15, 0.2) is 42.5 Å². The average Bonchev–Trinajstić information content (AvgIpc) is 2.95. The molecule has 6 nitrogen and oxygen atoms in total. The summed E-state index contributed by atoms with van der Waals surface area (Å²) in [6.07, 6.45) is 2.03. The van der Waals surface area contributed by atoms with Crippen LogP contribution in [0.2, 0.25) is 0 Å². The summed E-state index contributed by atoms with van der Waals surface area (Å²) in [6, 6.07) is 15.2. The Morgan fingerprint density at radius 3 is 2.43 bits per heavy atom. The van der Waals surface area contributed by atoms with Gasteiger partial charge in [-0.3, -0.25) is 4.72 Å². The first kappa shape index (κ1) is 19.8. The van der Waals surface area contributed by atoms with Crippen molar-refractivity contribution in [2.45, 2.75) is 26.8 Å². The first-order valence-electron chi connectivity index (χ1n) is 9.15. The largest absolute Gasteiger partial charge is 0.494 e. The van der Waals surface area contributed by atoms with E-state index in [1.807, 2.05) is 37.3 Å². The zero-order valence-corrected chi connectivity index (χ0v) is 17.0. The van der Waals surface area contributed by atoms with Crippen LogP contribution in [0, 0.1) is 11.3 Å². The van der Waals surface area contributed by atoms with Gasteiger partial charge >= 0.3 is 0 Å². The first-order valence-corrected chi connectivity index (χ1v) is 11.0. The highest BCUT2D eigenvalue weighted by Crippen LogP contribution is 2.36. The first-order chi connectivity index (χ1) is 13.4. The van der Waals surface area contributed by atoms with Gasteiger partial charge in [0.25, 0.3) is 0 Å². The molecule has 0 aliphatic heterocycles. The van der Waals surface area contributed by atoms with E-state index in [-0.39, 0.29) is 0 Å². The van der Waals surface area contributed by atoms with Gasteiger partial charge in [-0.25, -0.2) is 8.42 Å². The molecule has 0 fully saturated rings. The summed E-state index contributed by atoms with van der Waals surface area (Å²) in [5, 5.41) is 10.7. The summed E-state index contributed by atoms with van der Waals surface area (Å²) in [4.78, 5) is 0. The molecule has 146 valence electrons. The smallest absolute Gasteiger partial charge is 0.229 e. The zero-order valence-electron chi connectivity index (χ0n) is 16.2. The van der Waals surface area contributed by atoms with Gasteiger partial charge in [0.05, 0.1) is 29.6 Å².